The van der Waals surface area contributed by atoms with Crippen molar-refractivity contribution in [3.63, 3.8) is 0 Å². The molecule has 0 saturated carbocycles. The monoisotopic (exact) mass is 294 g/mol. The van der Waals surface area contributed by atoms with Crippen molar-refractivity contribution in [1.82, 2.24) is 4.98 Å². The molecule has 1 heterocycles. The number of anilines is 1. The van der Waals surface area contributed by atoms with Gasteiger partial charge in [-0.05, 0) is 43.5 Å². The molecule has 2 aromatic rings. The molecule has 1 aromatic carbocycles. The summed E-state index contributed by atoms with van der Waals surface area (Å²) in [7, 11) is 0. The van der Waals surface area contributed by atoms with Crippen LogP contribution < -0.4 is 5.32 Å². The summed E-state index contributed by atoms with van der Waals surface area (Å²) in [6.45, 7) is 6.25. The van der Waals surface area contributed by atoms with Crippen LogP contribution in [0.15, 0.2) is 17.5 Å². The second-order valence-corrected chi connectivity index (χ2v) is 5.60. The van der Waals surface area contributed by atoms with E-state index in [2.05, 4.69) is 43.2 Å². The van der Waals surface area contributed by atoms with Crippen LogP contribution in [0.25, 0.3) is 11.3 Å². The molecule has 5 heteroatoms. The van der Waals surface area contributed by atoms with Crippen molar-refractivity contribution in [1.29, 1.82) is 0 Å². The zero-order valence-corrected chi connectivity index (χ0v) is 12.7. The number of aromatic nitrogens is 1. The van der Waals surface area contributed by atoms with E-state index in [1.807, 2.05) is 5.38 Å². The molecule has 0 aliphatic heterocycles. The fourth-order valence-corrected chi connectivity index (χ4v) is 2.64. The largest absolute Gasteiger partial charge is 0.301 e. The van der Waals surface area contributed by atoms with Gasteiger partial charge in [-0.25, -0.2) is 4.98 Å². The molecule has 3 nitrogen and oxygen atoms in total. The highest BCUT2D eigenvalue weighted by molar-refractivity contribution is 7.14. The zero-order valence-electron chi connectivity index (χ0n) is 11.1. The van der Waals surface area contributed by atoms with E-state index in [9.17, 15) is 4.79 Å². The second-order valence-electron chi connectivity index (χ2n) is 4.47. The Bertz CT molecular complexity index is 622. The van der Waals surface area contributed by atoms with Crippen LogP contribution in [0.4, 0.5) is 5.13 Å². The number of carbonyl (C=O) groups is 1. The molecule has 0 atom stereocenters. The molecular weight excluding hydrogens is 280 g/mol. The Morgan fingerprint density at radius 2 is 1.95 bits per heavy atom. The van der Waals surface area contributed by atoms with E-state index in [1.165, 1.54) is 28.0 Å². The number of carbonyl (C=O) groups excluding carboxylic acids is 1. The molecule has 100 valence electrons. The van der Waals surface area contributed by atoms with Crippen molar-refractivity contribution in [2.45, 2.75) is 20.8 Å². The summed E-state index contributed by atoms with van der Waals surface area (Å²) >= 11 is 6.86. The number of amides is 1. The van der Waals surface area contributed by atoms with E-state index in [4.69, 9.17) is 11.6 Å². The Balaban J connectivity index is 2.33. The molecule has 0 fully saturated rings. The maximum Gasteiger partial charge on any atom is 0.241 e. The lowest BCUT2D eigenvalue weighted by Gasteiger charge is -2.07. The Kier molecular flexibility index (Phi) is 4.22. The van der Waals surface area contributed by atoms with Crippen molar-refractivity contribution < 1.29 is 4.79 Å². The number of alkyl halides is 1. The first-order valence-electron chi connectivity index (χ1n) is 5.91. The van der Waals surface area contributed by atoms with E-state index in [-0.39, 0.29) is 11.8 Å². The molecule has 2 rings (SSSR count). The lowest BCUT2D eigenvalue weighted by molar-refractivity contribution is -0.113. The van der Waals surface area contributed by atoms with Gasteiger partial charge in [0.15, 0.2) is 5.13 Å². The molecule has 19 heavy (non-hydrogen) atoms. The van der Waals surface area contributed by atoms with E-state index in [1.54, 1.807) is 0 Å². The van der Waals surface area contributed by atoms with Crippen LogP contribution in [0.2, 0.25) is 0 Å². The van der Waals surface area contributed by atoms with E-state index in [0.29, 0.717) is 5.13 Å². The minimum atomic E-state index is -0.237. The van der Waals surface area contributed by atoms with Crippen LogP contribution in [-0.4, -0.2) is 16.8 Å². The molecule has 0 saturated heterocycles. The van der Waals surface area contributed by atoms with E-state index >= 15 is 0 Å². The van der Waals surface area contributed by atoms with Gasteiger partial charge in [-0.1, -0.05) is 6.07 Å². The molecule has 0 bridgehead atoms. The van der Waals surface area contributed by atoms with Crippen molar-refractivity contribution in [2.24, 2.45) is 0 Å². The van der Waals surface area contributed by atoms with Crippen LogP contribution in [0.3, 0.4) is 0 Å². The van der Waals surface area contributed by atoms with Crippen molar-refractivity contribution in [2.75, 3.05) is 11.2 Å². The van der Waals surface area contributed by atoms with Gasteiger partial charge < -0.3 is 5.32 Å². The van der Waals surface area contributed by atoms with Crippen LogP contribution in [-0.2, 0) is 4.79 Å². The number of halogens is 1. The van der Waals surface area contributed by atoms with E-state index in [0.717, 1.165) is 11.3 Å². The van der Waals surface area contributed by atoms with Crippen molar-refractivity contribution in [3.8, 4) is 11.3 Å². The minimum Gasteiger partial charge on any atom is -0.301 e. The number of hydrogen-bond donors (Lipinski definition) is 1. The predicted octanol–water partition coefficient (Wildman–Crippen LogP) is 3.91. The third-order valence-corrected chi connectivity index (χ3v) is 3.99. The maximum atomic E-state index is 11.2. The highest BCUT2D eigenvalue weighted by Gasteiger charge is 2.10. The second kappa shape index (κ2) is 5.72. The fraction of sp³-hybridized carbons (Fsp3) is 0.286. The minimum absolute atomic E-state index is 0.0580. The van der Waals surface area contributed by atoms with Crippen LogP contribution in [0, 0.1) is 20.8 Å². The molecule has 0 spiro atoms. The summed E-state index contributed by atoms with van der Waals surface area (Å²) in [5, 5.41) is 5.19. The summed E-state index contributed by atoms with van der Waals surface area (Å²) in [5.41, 5.74) is 5.68. The molecule has 1 N–H and O–H groups in total. The van der Waals surface area contributed by atoms with Gasteiger partial charge in [0, 0.05) is 10.9 Å². The number of nitrogens with zero attached hydrogens (tertiary/aromatic N) is 1. The van der Waals surface area contributed by atoms with Gasteiger partial charge >= 0.3 is 0 Å². The standard InChI is InChI=1S/C14H15ClN2OS/c1-8-4-10(3)11(5-9(8)2)12-7-19-14(16-12)17-13(18)6-15/h4-5,7H,6H2,1-3H3,(H,16,17,18). The summed E-state index contributed by atoms with van der Waals surface area (Å²) < 4.78 is 0. The third kappa shape index (κ3) is 3.14. The van der Waals surface area contributed by atoms with E-state index < -0.39 is 0 Å². The number of thiazole rings is 1. The number of benzene rings is 1. The quantitative estimate of drug-likeness (QED) is 0.872. The maximum absolute atomic E-state index is 11.2. The number of hydrogen-bond acceptors (Lipinski definition) is 3. The first kappa shape index (κ1) is 14.0. The third-order valence-electron chi connectivity index (χ3n) is 2.99. The lowest BCUT2D eigenvalue weighted by Crippen LogP contribution is -2.12. The normalized spacial score (nSPS) is 10.5. The Labute approximate surface area is 121 Å². The highest BCUT2D eigenvalue weighted by Crippen LogP contribution is 2.29. The van der Waals surface area contributed by atoms with Crippen LogP contribution in [0.1, 0.15) is 16.7 Å². The van der Waals surface area contributed by atoms with Gasteiger partial charge in [-0.15, -0.1) is 22.9 Å². The van der Waals surface area contributed by atoms with Gasteiger partial charge in [0.2, 0.25) is 5.91 Å². The van der Waals surface area contributed by atoms with Crippen LogP contribution >= 0.6 is 22.9 Å². The summed E-state index contributed by atoms with van der Waals surface area (Å²) in [4.78, 5) is 15.6. The fourth-order valence-electron chi connectivity index (χ4n) is 1.84. The predicted molar refractivity (Wildman–Crippen MR) is 81.1 cm³/mol. The first-order valence-corrected chi connectivity index (χ1v) is 7.32. The SMILES string of the molecule is Cc1cc(C)c(-c2csc(NC(=O)CCl)n2)cc1C. The Morgan fingerprint density at radius 1 is 1.26 bits per heavy atom. The molecule has 0 aliphatic carbocycles. The number of rotatable bonds is 3. The molecular formula is C14H15ClN2OS. The molecule has 1 aromatic heterocycles. The topological polar surface area (TPSA) is 42.0 Å². The molecule has 0 unspecified atom stereocenters. The van der Waals surface area contributed by atoms with Crippen molar-refractivity contribution >= 4 is 34.0 Å². The zero-order chi connectivity index (χ0) is 14.0. The van der Waals surface area contributed by atoms with Gasteiger partial charge in [0.05, 0.1) is 5.69 Å². The summed E-state index contributed by atoms with van der Waals surface area (Å²) in [6.07, 6.45) is 0. The van der Waals surface area contributed by atoms with Gasteiger partial charge in [-0.2, -0.15) is 0 Å². The number of aryl methyl sites for hydroxylation is 3. The van der Waals surface area contributed by atoms with Crippen LogP contribution in [0.5, 0.6) is 0 Å². The Morgan fingerprint density at radius 3 is 2.63 bits per heavy atom. The van der Waals surface area contributed by atoms with Crippen molar-refractivity contribution in [3.05, 3.63) is 34.2 Å². The molecule has 0 radical (unpaired) electrons. The highest BCUT2D eigenvalue weighted by atomic mass is 35.5. The number of nitrogens with one attached hydrogen (secondary N) is 1. The molecule has 1 amide bonds. The van der Waals surface area contributed by atoms with Gasteiger partial charge in [-0.3, -0.25) is 4.79 Å². The average molecular weight is 295 g/mol. The smallest absolute Gasteiger partial charge is 0.241 e. The summed E-state index contributed by atoms with van der Waals surface area (Å²) in [5.74, 6) is -0.295. The first-order chi connectivity index (χ1) is 9.01. The average Bonchev–Trinajstić information content (AvgIpc) is 2.82. The van der Waals surface area contributed by atoms with Gasteiger partial charge in [0.1, 0.15) is 5.88 Å². The van der Waals surface area contributed by atoms with Gasteiger partial charge in [0.25, 0.3) is 0 Å². The Hall–Kier alpha value is -1.39. The summed E-state index contributed by atoms with van der Waals surface area (Å²) in [6, 6.07) is 4.29. The lowest BCUT2D eigenvalue weighted by atomic mass is 9.99. The molecule has 0 aliphatic rings.